The van der Waals surface area contributed by atoms with Crippen LogP contribution in [-0.4, -0.2) is 23.5 Å². The van der Waals surface area contributed by atoms with Gasteiger partial charge in [0.25, 0.3) is 0 Å². The number of hydrogen-bond acceptors (Lipinski definition) is 4. The molecule has 0 radical (unpaired) electrons. The van der Waals surface area contributed by atoms with Crippen molar-refractivity contribution in [1.29, 1.82) is 0 Å². The van der Waals surface area contributed by atoms with E-state index in [1.54, 1.807) is 11.3 Å². The van der Waals surface area contributed by atoms with E-state index in [0.29, 0.717) is 18.6 Å². The van der Waals surface area contributed by atoms with E-state index < -0.39 is 0 Å². The van der Waals surface area contributed by atoms with Crippen LogP contribution in [0.15, 0.2) is 35.8 Å². The molecule has 0 spiro atoms. The summed E-state index contributed by atoms with van der Waals surface area (Å²) < 4.78 is 5.77. The van der Waals surface area contributed by atoms with Crippen molar-refractivity contribution in [3.63, 3.8) is 0 Å². The molecule has 0 amide bonds. The number of aromatic nitrogens is 1. The number of hydrogen-bond donors (Lipinski definition) is 0. The Morgan fingerprint density at radius 3 is 2.70 bits per heavy atom. The molecule has 0 saturated heterocycles. The second kappa shape index (κ2) is 7.31. The highest BCUT2D eigenvalue weighted by Gasteiger charge is 2.18. The molecule has 1 aromatic heterocycles. The highest BCUT2D eigenvalue weighted by Crippen LogP contribution is 2.14. The fourth-order valence-corrected chi connectivity index (χ4v) is 2.79. The summed E-state index contributed by atoms with van der Waals surface area (Å²) in [5, 5.41) is 0. The van der Waals surface area contributed by atoms with Crippen LogP contribution in [0.2, 0.25) is 0 Å². The lowest BCUT2D eigenvalue weighted by atomic mass is 10.0. The maximum absolute atomic E-state index is 12.3. The molecule has 0 aliphatic carbocycles. The van der Waals surface area contributed by atoms with Crippen LogP contribution in [0, 0.1) is 6.92 Å². The van der Waals surface area contributed by atoms with E-state index in [1.165, 1.54) is 4.88 Å². The smallest absolute Gasteiger partial charge is 0.191 e. The van der Waals surface area contributed by atoms with Gasteiger partial charge in [0.2, 0.25) is 0 Å². The van der Waals surface area contributed by atoms with Crippen molar-refractivity contribution < 1.29 is 9.53 Å². The molecule has 2 rings (SSSR count). The predicted molar refractivity (Wildman–Crippen MR) is 81.4 cm³/mol. The zero-order valence-electron chi connectivity index (χ0n) is 11.8. The third kappa shape index (κ3) is 3.74. The van der Waals surface area contributed by atoms with Crippen molar-refractivity contribution in [2.75, 3.05) is 6.61 Å². The summed E-state index contributed by atoms with van der Waals surface area (Å²) in [5.74, 6) is 0.0640. The quantitative estimate of drug-likeness (QED) is 0.730. The number of benzene rings is 1. The van der Waals surface area contributed by atoms with Gasteiger partial charge in [-0.1, -0.05) is 37.3 Å². The molecular weight excluding hydrogens is 270 g/mol. The zero-order valence-corrected chi connectivity index (χ0v) is 12.7. The molecule has 1 heterocycles. The normalized spacial score (nSPS) is 12.3. The molecule has 1 atom stereocenters. The van der Waals surface area contributed by atoms with E-state index in [-0.39, 0.29) is 11.9 Å². The molecule has 2 aromatic rings. The van der Waals surface area contributed by atoms with Crippen molar-refractivity contribution in [1.82, 2.24) is 4.98 Å². The van der Waals surface area contributed by atoms with Crippen LogP contribution in [0.3, 0.4) is 0 Å². The molecule has 0 saturated carbocycles. The van der Waals surface area contributed by atoms with Crippen molar-refractivity contribution in [2.24, 2.45) is 0 Å². The van der Waals surface area contributed by atoms with E-state index in [2.05, 4.69) is 4.98 Å². The van der Waals surface area contributed by atoms with Gasteiger partial charge in [-0.05, 0) is 13.3 Å². The Morgan fingerprint density at radius 2 is 2.10 bits per heavy atom. The lowest BCUT2D eigenvalue weighted by Gasteiger charge is -2.14. The van der Waals surface area contributed by atoms with Crippen LogP contribution in [0.25, 0.3) is 0 Å². The minimum atomic E-state index is -0.356. The fraction of sp³-hybridized carbons (Fsp3) is 0.375. The number of aryl methyl sites for hydroxylation is 1. The molecule has 0 bridgehead atoms. The van der Waals surface area contributed by atoms with Gasteiger partial charge >= 0.3 is 0 Å². The number of ether oxygens (including phenoxy) is 1. The number of thiazole rings is 1. The SMILES string of the molecule is CCC(OCCc1scnc1C)C(=O)c1ccccc1. The maximum Gasteiger partial charge on any atom is 0.191 e. The zero-order chi connectivity index (χ0) is 14.4. The molecule has 1 unspecified atom stereocenters. The van der Waals surface area contributed by atoms with Crippen LogP contribution in [0.4, 0.5) is 0 Å². The lowest BCUT2D eigenvalue weighted by molar-refractivity contribution is 0.0408. The first kappa shape index (κ1) is 14.9. The molecule has 0 fully saturated rings. The van der Waals surface area contributed by atoms with E-state index in [9.17, 15) is 4.79 Å². The third-order valence-electron chi connectivity index (χ3n) is 3.21. The van der Waals surface area contributed by atoms with E-state index in [4.69, 9.17) is 4.74 Å². The van der Waals surface area contributed by atoms with Crippen LogP contribution < -0.4 is 0 Å². The Balaban J connectivity index is 1.89. The molecule has 3 nitrogen and oxygen atoms in total. The summed E-state index contributed by atoms with van der Waals surface area (Å²) in [6.45, 7) is 4.53. The summed E-state index contributed by atoms with van der Waals surface area (Å²) in [5.41, 5.74) is 3.62. The minimum Gasteiger partial charge on any atom is -0.370 e. The number of carbonyl (C=O) groups excluding carboxylic acids is 1. The van der Waals surface area contributed by atoms with E-state index >= 15 is 0 Å². The van der Waals surface area contributed by atoms with Gasteiger partial charge in [-0.2, -0.15) is 0 Å². The standard InChI is InChI=1S/C16H19NO2S/c1-3-14(16(18)13-7-5-4-6-8-13)19-10-9-15-12(2)17-11-20-15/h4-8,11,14H,3,9-10H2,1-2H3. The Bertz CT molecular complexity index is 551. The molecule has 106 valence electrons. The first-order chi connectivity index (χ1) is 9.72. The molecular formula is C16H19NO2S. The number of ketones is 1. The van der Waals surface area contributed by atoms with Crippen LogP contribution >= 0.6 is 11.3 Å². The average molecular weight is 289 g/mol. The van der Waals surface area contributed by atoms with E-state index in [1.807, 2.05) is 49.7 Å². The summed E-state index contributed by atoms with van der Waals surface area (Å²) in [6, 6.07) is 9.33. The summed E-state index contributed by atoms with van der Waals surface area (Å²) in [4.78, 5) is 17.7. The molecule has 20 heavy (non-hydrogen) atoms. The highest BCUT2D eigenvalue weighted by atomic mass is 32.1. The van der Waals surface area contributed by atoms with Crippen LogP contribution in [0.5, 0.6) is 0 Å². The van der Waals surface area contributed by atoms with Gasteiger partial charge < -0.3 is 4.74 Å². The second-order valence-electron chi connectivity index (χ2n) is 4.61. The summed E-state index contributed by atoms with van der Waals surface area (Å²) >= 11 is 1.64. The highest BCUT2D eigenvalue weighted by molar-refractivity contribution is 7.09. The van der Waals surface area contributed by atoms with Crippen molar-refractivity contribution >= 4 is 17.1 Å². The number of Topliss-reactive ketones (excluding diaryl/α,β-unsaturated/α-hetero) is 1. The molecule has 0 N–H and O–H groups in total. The monoisotopic (exact) mass is 289 g/mol. The number of rotatable bonds is 7. The number of nitrogens with zero attached hydrogens (tertiary/aromatic N) is 1. The fourth-order valence-electron chi connectivity index (χ4n) is 2.03. The van der Waals surface area contributed by atoms with Crippen molar-refractivity contribution in [2.45, 2.75) is 32.8 Å². The Labute approximate surface area is 123 Å². The first-order valence-corrected chi connectivity index (χ1v) is 7.70. The Kier molecular flexibility index (Phi) is 5.44. The maximum atomic E-state index is 12.3. The second-order valence-corrected chi connectivity index (χ2v) is 5.55. The molecule has 1 aromatic carbocycles. The molecule has 4 heteroatoms. The third-order valence-corrected chi connectivity index (χ3v) is 4.21. The minimum absolute atomic E-state index is 0.0640. The van der Waals surface area contributed by atoms with Crippen molar-refractivity contribution in [3.05, 3.63) is 52.0 Å². The summed E-state index contributed by atoms with van der Waals surface area (Å²) in [7, 11) is 0. The van der Waals surface area contributed by atoms with Gasteiger partial charge in [-0.25, -0.2) is 4.98 Å². The average Bonchev–Trinajstić information content (AvgIpc) is 2.89. The van der Waals surface area contributed by atoms with Gasteiger partial charge in [0, 0.05) is 16.9 Å². The largest absolute Gasteiger partial charge is 0.370 e. The lowest BCUT2D eigenvalue weighted by Crippen LogP contribution is -2.24. The van der Waals surface area contributed by atoms with E-state index in [0.717, 1.165) is 12.1 Å². The predicted octanol–water partition coefficient (Wildman–Crippen LogP) is 3.67. The van der Waals surface area contributed by atoms with Crippen molar-refractivity contribution in [3.8, 4) is 0 Å². The van der Waals surface area contributed by atoms with Crippen LogP contribution in [0.1, 0.15) is 34.3 Å². The Morgan fingerprint density at radius 1 is 1.35 bits per heavy atom. The molecule has 0 aliphatic heterocycles. The number of carbonyl (C=O) groups is 1. The molecule has 0 aliphatic rings. The van der Waals surface area contributed by atoms with Crippen LogP contribution in [-0.2, 0) is 11.2 Å². The van der Waals surface area contributed by atoms with Gasteiger partial charge in [0.15, 0.2) is 5.78 Å². The first-order valence-electron chi connectivity index (χ1n) is 6.82. The topological polar surface area (TPSA) is 39.2 Å². The summed E-state index contributed by atoms with van der Waals surface area (Å²) in [6.07, 6.45) is 1.15. The van der Waals surface area contributed by atoms with Gasteiger partial charge in [-0.3, -0.25) is 4.79 Å². The Hall–Kier alpha value is -1.52. The van der Waals surface area contributed by atoms with Gasteiger partial charge in [0.1, 0.15) is 6.10 Å². The van der Waals surface area contributed by atoms with Gasteiger partial charge in [0.05, 0.1) is 17.8 Å². The van der Waals surface area contributed by atoms with Gasteiger partial charge in [-0.15, -0.1) is 11.3 Å².